The fourth-order valence-corrected chi connectivity index (χ4v) is 11.8. The normalized spacial score (nSPS) is 15.9. The molecule has 0 atom stereocenters. The first-order chi connectivity index (χ1) is 14.2. The Hall–Kier alpha value is -0.400. The molecule has 148 valence electrons. The molecule has 0 amide bonds. The summed E-state index contributed by atoms with van der Waals surface area (Å²) in [6.45, 7) is 4.41. The Bertz CT molecular complexity index is 1040. The van der Waals surface area contributed by atoms with Crippen LogP contribution in [-0.2, 0) is 0 Å². The van der Waals surface area contributed by atoms with E-state index in [1.165, 1.54) is 12.7 Å². The number of aromatic nitrogens is 2. The quantitative estimate of drug-likeness (QED) is 0.386. The molecule has 29 heavy (non-hydrogen) atoms. The lowest BCUT2D eigenvalue weighted by Crippen LogP contribution is -1.90. The van der Waals surface area contributed by atoms with Crippen LogP contribution >= 0.6 is 82.3 Å². The van der Waals surface area contributed by atoms with Gasteiger partial charge in [-0.25, -0.2) is 0 Å². The van der Waals surface area contributed by atoms with Gasteiger partial charge in [0.25, 0.3) is 0 Å². The zero-order chi connectivity index (χ0) is 20.4. The molecule has 1 aromatic carbocycles. The third-order valence-electron chi connectivity index (χ3n) is 3.81. The molecule has 0 unspecified atom stereocenters. The number of hydrogen-bond donors (Lipinski definition) is 0. The first-order valence-electron chi connectivity index (χ1n) is 8.79. The minimum atomic E-state index is 0.540. The summed E-state index contributed by atoms with van der Waals surface area (Å²) in [5, 5.41) is 19.5. The highest BCUT2D eigenvalue weighted by molar-refractivity contribution is 8.42. The molecule has 0 radical (unpaired) electrons. The SMILES string of the molecule is CCCSC1=C(SCCC)SC(=C2Sc3c(c(C#N)c4nsnc4c3C#N)S2)S1. The average molecular weight is 511 g/mol. The first kappa shape index (κ1) is 21.8. The molecule has 0 saturated heterocycles. The molecular weight excluding hydrogens is 497 g/mol. The van der Waals surface area contributed by atoms with Crippen molar-refractivity contribution in [2.45, 2.75) is 36.5 Å². The van der Waals surface area contributed by atoms with Crippen LogP contribution < -0.4 is 0 Å². The summed E-state index contributed by atoms with van der Waals surface area (Å²) in [6.07, 6.45) is 2.30. The van der Waals surface area contributed by atoms with Crippen LogP contribution in [0.5, 0.6) is 0 Å². The van der Waals surface area contributed by atoms with Crippen molar-refractivity contribution in [1.29, 1.82) is 10.5 Å². The van der Waals surface area contributed by atoms with E-state index >= 15 is 0 Å². The van der Waals surface area contributed by atoms with E-state index in [1.54, 1.807) is 23.5 Å². The number of nitriles is 2. The van der Waals surface area contributed by atoms with E-state index < -0.39 is 0 Å². The van der Waals surface area contributed by atoms with Crippen molar-refractivity contribution in [2.75, 3.05) is 11.5 Å². The smallest absolute Gasteiger partial charge is 0.125 e. The van der Waals surface area contributed by atoms with E-state index in [2.05, 4.69) is 34.7 Å². The number of fused-ring (bicyclic) bond motifs is 2. The maximum absolute atomic E-state index is 9.75. The van der Waals surface area contributed by atoms with E-state index in [9.17, 15) is 10.5 Å². The van der Waals surface area contributed by atoms with Gasteiger partial charge in [-0.2, -0.15) is 19.3 Å². The minimum absolute atomic E-state index is 0.540. The third-order valence-corrected chi connectivity index (χ3v) is 13.4. The van der Waals surface area contributed by atoms with Crippen LogP contribution in [0.25, 0.3) is 11.0 Å². The van der Waals surface area contributed by atoms with E-state index in [0.717, 1.165) is 50.1 Å². The van der Waals surface area contributed by atoms with Gasteiger partial charge in [-0.3, -0.25) is 0 Å². The molecule has 4 rings (SSSR count). The molecule has 0 spiro atoms. The topological polar surface area (TPSA) is 73.4 Å². The molecule has 0 fully saturated rings. The fraction of sp³-hybridized carbons (Fsp3) is 0.333. The van der Waals surface area contributed by atoms with Crippen molar-refractivity contribution in [1.82, 2.24) is 8.75 Å². The second kappa shape index (κ2) is 9.82. The summed E-state index contributed by atoms with van der Waals surface area (Å²) in [5.74, 6) is 2.24. The predicted molar refractivity (Wildman–Crippen MR) is 133 cm³/mol. The Balaban J connectivity index is 1.70. The van der Waals surface area contributed by atoms with Crippen molar-refractivity contribution in [3.05, 3.63) is 28.1 Å². The van der Waals surface area contributed by atoms with Gasteiger partial charge in [0.1, 0.15) is 23.2 Å². The van der Waals surface area contributed by atoms with Crippen LogP contribution in [0.15, 0.2) is 26.7 Å². The maximum atomic E-state index is 9.75. The second-order valence-corrected chi connectivity index (χ2v) is 13.7. The summed E-state index contributed by atoms with van der Waals surface area (Å²) in [5.41, 5.74) is 2.18. The summed E-state index contributed by atoms with van der Waals surface area (Å²) in [7, 11) is 0. The number of thioether (sulfide) groups is 6. The Morgan fingerprint density at radius 3 is 1.62 bits per heavy atom. The molecule has 0 N–H and O–H groups in total. The van der Waals surface area contributed by atoms with Gasteiger partial charge in [-0.1, -0.05) is 60.9 Å². The molecule has 0 bridgehead atoms. The van der Waals surface area contributed by atoms with Crippen LogP contribution in [0, 0.1) is 22.7 Å². The molecule has 1 aromatic heterocycles. The van der Waals surface area contributed by atoms with Crippen LogP contribution in [-0.4, -0.2) is 20.3 Å². The molecule has 11 heteroatoms. The van der Waals surface area contributed by atoms with Crippen molar-refractivity contribution in [2.24, 2.45) is 0 Å². The minimum Gasteiger partial charge on any atom is -0.192 e. The Morgan fingerprint density at radius 1 is 0.759 bits per heavy atom. The van der Waals surface area contributed by atoms with Crippen molar-refractivity contribution in [3.63, 3.8) is 0 Å². The molecule has 4 nitrogen and oxygen atoms in total. The summed E-state index contributed by atoms with van der Waals surface area (Å²) in [4.78, 5) is 1.71. The monoisotopic (exact) mass is 510 g/mol. The first-order valence-corrected chi connectivity index (χ1v) is 14.8. The number of nitrogens with zero attached hydrogens (tertiary/aromatic N) is 4. The van der Waals surface area contributed by atoms with Gasteiger partial charge in [-0.05, 0) is 24.3 Å². The lowest BCUT2D eigenvalue weighted by Gasteiger charge is -2.02. The summed E-state index contributed by atoms with van der Waals surface area (Å²) >= 11 is 11.8. The van der Waals surface area contributed by atoms with Gasteiger partial charge in [0, 0.05) is 9.79 Å². The van der Waals surface area contributed by atoms with Gasteiger partial charge < -0.3 is 0 Å². The van der Waals surface area contributed by atoms with Crippen LogP contribution in [0.1, 0.15) is 37.8 Å². The van der Waals surface area contributed by atoms with Crippen molar-refractivity contribution < 1.29 is 0 Å². The van der Waals surface area contributed by atoms with Gasteiger partial charge in [-0.15, -0.1) is 23.5 Å². The van der Waals surface area contributed by atoms with Gasteiger partial charge in [0.2, 0.25) is 0 Å². The van der Waals surface area contributed by atoms with E-state index in [4.69, 9.17) is 0 Å². The van der Waals surface area contributed by atoms with E-state index in [0.29, 0.717) is 22.2 Å². The number of benzene rings is 1. The highest BCUT2D eigenvalue weighted by Gasteiger charge is 2.34. The zero-order valence-electron chi connectivity index (χ0n) is 15.5. The van der Waals surface area contributed by atoms with Crippen LogP contribution in [0.4, 0.5) is 0 Å². The van der Waals surface area contributed by atoms with Crippen molar-refractivity contribution in [3.8, 4) is 12.1 Å². The van der Waals surface area contributed by atoms with Crippen molar-refractivity contribution >= 4 is 93.3 Å². The molecule has 2 aromatic rings. The summed E-state index contributed by atoms with van der Waals surface area (Å²) in [6, 6.07) is 4.60. The fourth-order valence-electron chi connectivity index (χ4n) is 2.57. The Kier molecular flexibility index (Phi) is 7.39. The van der Waals surface area contributed by atoms with E-state index in [-0.39, 0.29) is 0 Å². The molecule has 2 aliphatic rings. The number of rotatable bonds is 6. The highest BCUT2D eigenvalue weighted by atomic mass is 32.3. The average Bonchev–Trinajstić information content (AvgIpc) is 3.46. The van der Waals surface area contributed by atoms with E-state index in [1.807, 2.05) is 47.0 Å². The Morgan fingerprint density at radius 2 is 1.21 bits per heavy atom. The zero-order valence-corrected chi connectivity index (χ0v) is 21.2. The van der Waals surface area contributed by atoms with Crippen LogP contribution in [0.2, 0.25) is 0 Å². The molecule has 0 aliphatic carbocycles. The second-order valence-electron chi connectivity index (χ2n) is 5.85. The Labute approximate surface area is 199 Å². The van der Waals surface area contributed by atoms with Gasteiger partial charge in [0.05, 0.1) is 39.8 Å². The largest absolute Gasteiger partial charge is 0.192 e. The molecule has 3 heterocycles. The lowest BCUT2D eigenvalue weighted by atomic mass is 10.1. The highest BCUT2D eigenvalue weighted by Crippen LogP contribution is 2.65. The molecule has 0 saturated carbocycles. The number of hydrogen-bond acceptors (Lipinski definition) is 11. The van der Waals surface area contributed by atoms with Gasteiger partial charge >= 0.3 is 0 Å². The lowest BCUT2D eigenvalue weighted by molar-refractivity contribution is 1.11. The molecule has 2 aliphatic heterocycles. The summed E-state index contributed by atoms with van der Waals surface area (Å²) < 4.78 is 13.8. The van der Waals surface area contributed by atoms with Crippen LogP contribution in [0.3, 0.4) is 0 Å². The third kappa shape index (κ3) is 4.20. The standard InChI is InChI=1S/C18H14N4S7/c1-3-5-23-15-16(24-6-4-2)28-18(27-15)17-25-13-9(7-19)11-12(22-29-21-11)10(8-20)14(13)26-17/h3-6H2,1-2H3. The molecular formula is C18H14N4S7. The van der Waals surface area contributed by atoms with Gasteiger partial charge in [0.15, 0.2) is 0 Å². The predicted octanol–water partition coefficient (Wildman–Crippen LogP) is 7.65. The maximum Gasteiger partial charge on any atom is 0.125 e.